The summed E-state index contributed by atoms with van der Waals surface area (Å²) in [6.07, 6.45) is 0. The summed E-state index contributed by atoms with van der Waals surface area (Å²) >= 11 is 4.94. The molecule has 0 heterocycles. The van der Waals surface area contributed by atoms with Gasteiger partial charge in [-0.3, -0.25) is 9.69 Å². The van der Waals surface area contributed by atoms with Crippen LogP contribution in [0.4, 0.5) is 0 Å². The molecule has 18 heavy (non-hydrogen) atoms. The van der Waals surface area contributed by atoms with Crippen LogP contribution < -0.4 is 11.1 Å². The number of rotatable bonds is 6. The average molecular weight is 265 g/mol. The topological polar surface area (TPSA) is 58.4 Å². The molecule has 0 fully saturated rings. The van der Waals surface area contributed by atoms with Gasteiger partial charge < -0.3 is 11.1 Å². The number of carbonyl (C=O) groups excluding carboxylic acids is 1. The number of nitrogens with two attached hydrogens (primary N) is 1. The lowest BCUT2D eigenvalue weighted by atomic mass is 10.1. The number of hydrogen-bond acceptors (Lipinski definition) is 3. The Bertz CT molecular complexity index is 434. The van der Waals surface area contributed by atoms with Gasteiger partial charge in [-0.15, -0.1) is 0 Å². The van der Waals surface area contributed by atoms with Gasteiger partial charge >= 0.3 is 0 Å². The van der Waals surface area contributed by atoms with Crippen LogP contribution >= 0.6 is 12.2 Å². The number of nitrogens with one attached hydrogen (secondary N) is 1. The molecule has 0 aromatic heterocycles. The lowest BCUT2D eigenvalue weighted by Gasteiger charge is -2.16. The third-order valence-electron chi connectivity index (χ3n) is 2.45. The van der Waals surface area contributed by atoms with Gasteiger partial charge in [0.05, 0.1) is 6.54 Å². The second kappa shape index (κ2) is 7.08. The normalized spacial score (nSPS) is 10.4. The number of hydrogen-bond donors (Lipinski definition) is 2. The number of thiocarbonyl (C=S) groups is 1. The van der Waals surface area contributed by atoms with Gasteiger partial charge in [0.15, 0.2) is 0 Å². The molecule has 0 atom stereocenters. The molecule has 0 saturated carbocycles. The molecule has 0 aliphatic carbocycles. The first-order chi connectivity index (χ1) is 8.52. The van der Waals surface area contributed by atoms with Gasteiger partial charge in [-0.2, -0.15) is 0 Å². The molecule has 0 saturated heterocycles. The second-order valence-electron chi connectivity index (χ2n) is 4.19. The number of nitrogens with zero attached hydrogens (tertiary/aromatic N) is 1. The maximum Gasteiger partial charge on any atom is 0.234 e. The molecule has 0 aliphatic rings. The van der Waals surface area contributed by atoms with E-state index in [4.69, 9.17) is 18.0 Å². The molecular formula is C13H19N3OS. The lowest BCUT2D eigenvalue weighted by molar-refractivity contribution is -0.121. The van der Waals surface area contributed by atoms with E-state index in [0.29, 0.717) is 24.6 Å². The summed E-state index contributed by atoms with van der Waals surface area (Å²) in [4.78, 5) is 13.8. The summed E-state index contributed by atoms with van der Waals surface area (Å²) in [5.74, 6) is 0.0329. The van der Waals surface area contributed by atoms with Crippen molar-refractivity contribution in [2.75, 3.05) is 20.1 Å². The number of carbonyl (C=O) groups is 1. The van der Waals surface area contributed by atoms with Crippen LogP contribution in [0.2, 0.25) is 0 Å². The van der Waals surface area contributed by atoms with Gasteiger partial charge in [-0.05, 0) is 25.6 Å². The maximum absolute atomic E-state index is 11.4. The van der Waals surface area contributed by atoms with Crippen molar-refractivity contribution < 1.29 is 4.79 Å². The van der Waals surface area contributed by atoms with Gasteiger partial charge in [0.2, 0.25) is 5.91 Å². The first kappa shape index (κ1) is 14.6. The predicted octanol–water partition coefficient (Wildman–Crippen LogP) is 0.889. The Morgan fingerprint density at radius 1 is 1.50 bits per heavy atom. The van der Waals surface area contributed by atoms with Crippen molar-refractivity contribution >= 4 is 23.1 Å². The van der Waals surface area contributed by atoms with Crippen molar-refractivity contribution in [1.29, 1.82) is 0 Å². The first-order valence-corrected chi connectivity index (χ1v) is 6.27. The van der Waals surface area contributed by atoms with Crippen LogP contribution in [0.1, 0.15) is 18.1 Å². The molecule has 0 aliphatic heterocycles. The zero-order chi connectivity index (χ0) is 13.5. The Morgan fingerprint density at radius 3 is 2.83 bits per heavy atom. The molecule has 1 aromatic carbocycles. The van der Waals surface area contributed by atoms with Gasteiger partial charge in [0, 0.05) is 18.7 Å². The second-order valence-corrected chi connectivity index (χ2v) is 4.63. The van der Waals surface area contributed by atoms with Gasteiger partial charge in [-0.25, -0.2) is 0 Å². The minimum atomic E-state index is 0.0329. The summed E-state index contributed by atoms with van der Waals surface area (Å²) in [6.45, 7) is 3.63. The molecule has 98 valence electrons. The van der Waals surface area contributed by atoms with Crippen LogP contribution in [0.15, 0.2) is 24.3 Å². The molecule has 0 radical (unpaired) electrons. The van der Waals surface area contributed by atoms with Crippen molar-refractivity contribution in [3.63, 3.8) is 0 Å². The fourth-order valence-electron chi connectivity index (χ4n) is 1.69. The van der Waals surface area contributed by atoms with E-state index in [0.717, 1.165) is 11.1 Å². The van der Waals surface area contributed by atoms with E-state index in [1.165, 1.54) is 0 Å². The van der Waals surface area contributed by atoms with Gasteiger partial charge in [0.25, 0.3) is 0 Å². The molecular weight excluding hydrogens is 246 g/mol. The fraction of sp³-hybridized carbons (Fsp3) is 0.385. The van der Waals surface area contributed by atoms with Gasteiger partial charge in [-0.1, -0.05) is 30.4 Å². The number of likely N-dealkylation sites (N-methyl/N-ethyl adjacent to an activating group) is 2. The van der Waals surface area contributed by atoms with E-state index in [2.05, 4.69) is 5.32 Å². The van der Waals surface area contributed by atoms with E-state index in [-0.39, 0.29) is 5.91 Å². The summed E-state index contributed by atoms with van der Waals surface area (Å²) in [5.41, 5.74) is 7.53. The summed E-state index contributed by atoms with van der Waals surface area (Å²) in [6, 6.07) is 7.76. The quantitative estimate of drug-likeness (QED) is 0.750. The Labute approximate surface area is 113 Å². The average Bonchev–Trinajstić information content (AvgIpc) is 2.29. The van der Waals surface area contributed by atoms with Crippen molar-refractivity contribution in [2.24, 2.45) is 5.73 Å². The van der Waals surface area contributed by atoms with Crippen LogP contribution in [0.3, 0.4) is 0 Å². The molecule has 0 bridgehead atoms. The van der Waals surface area contributed by atoms with E-state index in [9.17, 15) is 4.79 Å². The number of benzene rings is 1. The molecule has 1 rings (SSSR count). The molecule has 4 nitrogen and oxygen atoms in total. The Balaban J connectivity index is 2.58. The third-order valence-corrected chi connectivity index (χ3v) is 2.69. The van der Waals surface area contributed by atoms with Gasteiger partial charge in [0.1, 0.15) is 4.99 Å². The molecule has 5 heteroatoms. The zero-order valence-electron chi connectivity index (χ0n) is 10.8. The van der Waals surface area contributed by atoms with Crippen LogP contribution in [0.25, 0.3) is 0 Å². The Hall–Kier alpha value is -1.46. The van der Waals surface area contributed by atoms with Crippen LogP contribution in [-0.4, -0.2) is 35.9 Å². The molecule has 1 aromatic rings. The van der Waals surface area contributed by atoms with E-state index in [1.54, 1.807) is 0 Å². The van der Waals surface area contributed by atoms with Crippen LogP contribution in [-0.2, 0) is 11.3 Å². The summed E-state index contributed by atoms with van der Waals surface area (Å²) in [5, 5.41) is 2.77. The molecule has 0 unspecified atom stereocenters. The Kier molecular flexibility index (Phi) is 5.74. The molecule has 0 spiro atoms. The fourth-order valence-corrected chi connectivity index (χ4v) is 1.82. The lowest BCUT2D eigenvalue weighted by Crippen LogP contribution is -2.34. The largest absolute Gasteiger partial charge is 0.389 e. The third kappa shape index (κ3) is 4.81. The SMILES string of the molecule is CCNC(=O)CN(C)Cc1cccc(C(N)=S)c1. The van der Waals surface area contributed by atoms with E-state index >= 15 is 0 Å². The predicted molar refractivity (Wildman–Crippen MR) is 77.3 cm³/mol. The number of amides is 1. The summed E-state index contributed by atoms with van der Waals surface area (Å²) in [7, 11) is 1.91. The van der Waals surface area contributed by atoms with Crippen molar-refractivity contribution in [2.45, 2.75) is 13.5 Å². The highest BCUT2D eigenvalue weighted by Crippen LogP contribution is 2.07. The van der Waals surface area contributed by atoms with E-state index in [1.807, 2.05) is 43.1 Å². The smallest absolute Gasteiger partial charge is 0.234 e. The minimum absolute atomic E-state index is 0.0329. The maximum atomic E-state index is 11.4. The Morgan fingerprint density at radius 2 is 2.22 bits per heavy atom. The van der Waals surface area contributed by atoms with Crippen molar-refractivity contribution in [1.82, 2.24) is 10.2 Å². The highest BCUT2D eigenvalue weighted by Gasteiger charge is 2.06. The van der Waals surface area contributed by atoms with Crippen molar-refractivity contribution in [3.05, 3.63) is 35.4 Å². The zero-order valence-corrected chi connectivity index (χ0v) is 11.6. The van der Waals surface area contributed by atoms with Crippen LogP contribution in [0, 0.1) is 0 Å². The highest BCUT2D eigenvalue weighted by atomic mass is 32.1. The van der Waals surface area contributed by atoms with Crippen LogP contribution in [0.5, 0.6) is 0 Å². The molecule has 1 amide bonds. The molecule has 3 N–H and O–H groups in total. The minimum Gasteiger partial charge on any atom is -0.389 e. The standard InChI is InChI=1S/C13H19N3OS/c1-3-15-12(17)9-16(2)8-10-5-4-6-11(7-10)13(14)18/h4-7H,3,8-9H2,1-2H3,(H2,14,18)(H,15,17). The first-order valence-electron chi connectivity index (χ1n) is 5.87. The monoisotopic (exact) mass is 265 g/mol. The van der Waals surface area contributed by atoms with Crippen molar-refractivity contribution in [3.8, 4) is 0 Å². The summed E-state index contributed by atoms with van der Waals surface area (Å²) < 4.78 is 0. The van der Waals surface area contributed by atoms with E-state index < -0.39 is 0 Å². The highest BCUT2D eigenvalue weighted by molar-refractivity contribution is 7.80.